The van der Waals surface area contributed by atoms with E-state index < -0.39 is 26.6 Å². The topological polar surface area (TPSA) is 123 Å². The van der Waals surface area contributed by atoms with E-state index >= 15 is 0 Å². The summed E-state index contributed by atoms with van der Waals surface area (Å²) >= 11 is 43.0. The van der Waals surface area contributed by atoms with Gasteiger partial charge in [-0.15, -0.1) is 0 Å². The molecule has 0 fully saturated rings. The van der Waals surface area contributed by atoms with Crippen LogP contribution in [0.25, 0.3) is 0 Å². The van der Waals surface area contributed by atoms with Gasteiger partial charge in [0.1, 0.15) is 0 Å². The molecule has 0 aliphatic carbocycles. The second-order valence-electron chi connectivity index (χ2n) is 18.2. The van der Waals surface area contributed by atoms with Crippen molar-refractivity contribution in [2.75, 3.05) is 0 Å². The molecule has 0 saturated carbocycles. The Labute approximate surface area is 565 Å². The first-order valence-electron chi connectivity index (χ1n) is 24.5. The van der Waals surface area contributed by atoms with Gasteiger partial charge in [-0.1, -0.05) is 142 Å². The molecule has 0 amide bonds. The van der Waals surface area contributed by atoms with Gasteiger partial charge in [0.05, 0.1) is 48.8 Å². The van der Waals surface area contributed by atoms with E-state index in [-0.39, 0.29) is 117 Å². The Morgan fingerprint density at radius 2 is 0.388 bits per heavy atom. The van der Waals surface area contributed by atoms with E-state index in [0.717, 1.165) is 22.3 Å². The van der Waals surface area contributed by atoms with Crippen LogP contribution in [0.1, 0.15) is 133 Å². The Morgan fingerprint density at radius 1 is 0.275 bits per heavy atom. The molecule has 4 aromatic rings. The van der Waals surface area contributed by atoms with Crippen LogP contribution in [0.3, 0.4) is 0 Å². The second kappa shape index (κ2) is 45.1. The summed E-state index contributed by atoms with van der Waals surface area (Å²) in [5, 5.41) is 1.74. The zero-order chi connectivity index (χ0) is 57.9. The summed E-state index contributed by atoms with van der Waals surface area (Å²) in [6.45, 7) is 19.6. The minimum Gasteiger partial charge on any atom is -0.760 e. The van der Waals surface area contributed by atoms with Crippen LogP contribution in [0.5, 0.6) is 0 Å². The molecule has 0 aliphatic rings. The number of benzene rings is 4. The quantitative estimate of drug-likeness (QED) is 0.0217. The summed E-state index contributed by atoms with van der Waals surface area (Å²) in [7, 11) is 0. The predicted octanol–water partition coefficient (Wildman–Crippen LogP) is 16.2. The molecule has 0 heterocycles. The standard InChI is InChI=1S/4C13H20NO2PS2.4Cu/c4*1-10(2)15-17(19,16-11(3)4)14-13(18)12-8-6-5-7-9-12;;;;/h4*5-11H,1-4H3,(H,14,18,19);;;;/q;;;;4*+1/p-4. The Kier molecular flexibility index (Phi) is 49.2. The Morgan fingerprint density at radius 3 is 0.487 bits per heavy atom. The molecule has 12 nitrogen and oxygen atoms in total. The maximum atomic E-state index is 5.69. The molecular weight excluding hydrogens is 1440 g/mol. The number of rotatable bonds is 24. The molecule has 4 rings (SSSR count). The summed E-state index contributed by atoms with van der Waals surface area (Å²) in [5.41, 5.74) is 3.41. The minimum atomic E-state index is -2.74. The molecule has 0 N–H and O–H groups in total. The van der Waals surface area contributed by atoms with Gasteiger partial charge < -0.3 is 86.7 Å². The molecule has 4 aromatic carbocycles. The monoisotopic (exact) mass is 1520 g/mol. The third-order valence-electron chi connectivity index (χ3n) is 7.69. The Hall–Kier alpha value is 0.798. The van der Waals surface area contributed by atoms with Crippen molar-refractivity contribution in [3.8, 4) is 0 Å². The molecule has 0 radical (unpaired) electrons. The van der Waals surface area contributed by atoms with Crippen LogP contribution in [0.2, 0.25) is 0 Å². The minimum absolute atomic E-state index is 0. The van der Waals surface area contributed by atoms with E-state index in [2.05, 4.69) is 19.1 Å². The first kappa shape index (κ1) is 87.2. The smallest absolute Gasteiger partial charge is 0.760 e. The zero-order valence-electron chi connectivity index (χ0n) is 47.5. The summed E-state index contributed by atoms with van der Waals surface area (Å²) in [6, 6.07) is 38.2. The predicted molar refractivity (Wildman–Crippen MR) is 348 cm³/mol. The van der Waals surface area contributed by atoms with Crippen LogP contribution >= 0.6 is 26.6 Å². The fourth-order valence-corrected chi connectivity index (χ4v) is 19.2. The van der Waals surface area contributed by atoms with Crippen LogP contribution in [0.4, 0.5) is 0 Å². The van der Waals surface area contributed by atoms with E-state index in [1.807, 2.05) is 232 Å². The van der Waals surface area contributed by atoms with Crippen molar-refractivity contribution in [2.45, 2.75) is 160 Å². The fourth-order valence-electron chi connectivity index (χ4n) is 5.42. The van der Waals surface area contributed by atoms with Crippen LogP contribution < -0.4 is 0 Å². The zero-order valence-corrected chi connectivity index (χ0v) is 61.4. The molecule has 0 spiro atoms. The molecule has 28 heteroatoms. The van der Waals surface area contributed by atoms with Gasteiger partial charge in [-0.25, -0.2) is 19.1 Å². The molecule has 0 aliphatic heterocycles. The maximum absolute atomic E-state index is 5.69. The van der Waals surface area contributed by atoms with Crippen molar-refractivity contribution in [3.05, 3.63) is 144 Å². The molecule has 0 aromatic heterocycles. The summed E-state index contributed by atoms with van der Waals surface area (Å²) in [6.07, 6.45) is -0.393. The first-order valence-corrected chi connectivity index (χ1v) is 36.5. The van der Waals surface area contributed by atoms with Crippen LogP contribution in [-0.2, 0) is 202 Å². The van der Waals surface area contributed by atoms with E-state index in [0.29, 0.717) is 20.2 Å². The van der Waals surface area contributed by atoms with E-state index in [4.69, 9.17) is 134 Å². The van der Waals surface area contributed by atoms with Gasteiger partial charge in [-0.05, 0) is 180 Å². The van der Waals surface area contributed by atoms with Gasteiger partial charge in [-0.2, -0.15) is 0 Å². The molecular formula is C52H76Cu4N4O8P4S8. The fraction of sp³-hybridized carbons (Fsp3) is 0.462. The average Bonchev–Trinajstić information content (AvgIpc) is 3.28. The van der Waals surface area contributed by atoms with Gasteiger partial charge in [0, 0.05) is 0 Å². The average molecular weight is 1520 g/mol. The third kappa shape index (κ3) is 40.3. The van der Waals surface area contributed by atoms with Crippen LogP contribution in [-0.4, -0.2) is 69.0 Å². The SMILES string of the molecule is CC(C)OP(=S)(/N=C(\[S-])c1ccccc1)OC(C)C.CC(C)OP(=S)(/N=C(\[S-])c1ccccc1)OC(C)C.CC(C)OP(=S)(/N=C(\[S-])c1ccccc1)OC(C)C.CC(C)OP(=S)(/N=C(\[S-])c1ccccc1)OC(C)C.[Cu+].[Cu+].[Cu+].[Cu+]. The summed E-state index contributed by atoms with van der Waals surface area (Å²) in [5.74, 6) is 0. The van der Waals surface area contributed by atoms with Gasteiger partial charge in [-0.3, -0.25) is 0 Å². The van der Waals surface area contributed by atoms with Gasteiger partial charge in [0.25, 0.3) is 0 Å². The number of hydrogen-bond acceptors (Lipinski definition) is 16. The Bertz CT molecular complexity index is 2220. The van der Waals surface area contributed by atoms with Gasteiger partial charge in [0.15, 0.2) is 0 Å². The van der Waals surface area contributed by atoms with Crippen molar-refractivity contribution in [2.24, 2.45) is 19.1 Å². The van der Waals surface area contributed by atoms with E-state index in [9.17, 15) is 0 Å². The van der Waals surface area contributed by atoms with Gasteiger partial charge in [0.2, 0.25) is 0 Å². The molecule has 80 heavy (non-hydrogen) atoms. The van der Waals surface area contributed by atoms with Crippen molar-refractivity contribution < 1.29 is 104 Å². The van der Waals surface area contributed by atoms with Crippen LogP contribution in [0.15, 0.2) is 140 Å². The van der Waals surface area contributed by atoms with Crippen molar-refractivity contribution in [1.82, 2.24) is 0 Å². The van der Waals surface area contributed by atoms with Crippen molar-refractivity contribution in [3.63, 3.8) is 0 Å². The normalized spacial score (nSPS) is 12.6. The molecule has 0 bridgehead atoms. The maximum Gasteiger partial charge on any atom is 1.00 e. The second-order valence-corrected chi connectivity index (χ2v) is 31.5. The molecule has 0 unspecified atom stereocenters. The summed E-state index contributed by atoms with van der Waals surface area (Å²) in [4.78, 5) is 0. The van der Waals surface area contributed by atoms with E-state index in [1.54, 1.807) is 0 Å². The van der Waals surface area contributed by atoms with E-state index in [1.165, 1.54) is 0 Å². The molecule has 464 valence electrons. The largest absolute Gasteiger partial charge is 1.00 e. The first-order chi connectivity index (χ1) is 35.3. The van der Waals surface area contributed by atoms with Crippen molar-refractivity contribution >= 4 is 144 Å². The number of nitrogens with zero attached hydrogens (tertiary/aromatic N) is 4. The summed E-state index contributed by atoms with van der Waals surface area (Å²) < 4.78 is 63.0. The third-order valence-corrected chi connectivity index (χ3v) is 19.9. The molecule has 0 atom stereocenters. The molecule has 0 saturated heterocycles. The Balaban J connectivity index is -0.000000473. The van der Waals surface area contributed by atoms with Crippen LogP contribution in [0, 0.1) is 0 Å². The number of hydrogen-bond donors (Lipinski definition) is 0. The van der Waals surface area contributed by atoms with Crippen molar-refractivity contribution in [1.29, 1.82) is 0 Å². The van der Waals surface area contributed by atoms with Gasteiger partial charge >= 0.3 is 94.8 Å².